The Morgan fingerprint density at radius 3 is 2.57 bits per heavy atom. The summed E-state index contributed by atoms with van der Waals surface area (Å²) in [6.45, 7) is 2.69. The third kappa shape index (κ3) is 2.65. The number of anilines is 1. The molecule has 1 aliphatic rings. The zero-order valence-corrected chi connectivity index (χ0v) is 13.7. The van der Waals surface area contributed by atoms with Crippen molar-refractivity contribution in [3.63, 3.8) is 0 Å². The summed E-state index contributed by atoms with van der Waals surface area (Å²) in [6, 6.07) is 13.7. The molecular formula is C19H21NO3. The molecule has 1 amide bonds. The average Bonchev–Trinajstić information content (AvgIpc) is 2.86. The first kappa shape index (κ1) is 15.4. The van der Waals surface area contributed by atoms with Gasteiger partial charge < -0.3 is 14.4 Å². The molecule has 23 heavy (non-hydrogen) atoms. The number of fused-ring (bicyclic) bond motifs is 1. The fourth-order valence-electron chi connectivity index (χ4n) is 3.25. The van der Waals surface area contributed by atoms with E-state index in [0.29, 0.717) is 13.0 Å². The van der Waals surface area contributed by atoms with E-state index >= 15 is 0 Å². The predicted octanol–water partition coefficient (Wildman–Crippen LogP) is 3.40. The van der Waals surface area contributed by atoms with Crippen LogP contribution in [0.25, 0.3) is 0 Å². The maximum Gasteiger partial charge on any atom is 0.234 e. The number of likely N-dealkylation sites (N-methyl/N-ethyl adjacent to an activating group) is 1. The Kier molecular flexibility index (Phi) is 4.24. The van der Waals surface area contributed by atoms with Crippen LogP contribution in [0.15, 0.2) is 42.5 Å². The Labute approximate surface area is 136 Å². The number of methoxy groups -OCH3 is 2. The second-order valence-electron chi connectivity index (χ2n) is 5.58. The zero-order valence-electron chi connectivity index (χ0n) is 13.7. The van der Waals surface area contributed by atoms with Crippen LogP contribution in [0.4, 0.5) is 5.69 Å². The lowest BCUT2D eigenvalue weighted by Gasteiger charge is -2.16. The Bertz CT molecular complexity index is 726. The standard InChI is InChI=1S/C19H21NO3/c1-4-20-17-8-6-5-7-15(17)16(19(20)21)12-13-11-14(22-2)9-10-18(13)23-3/h5-11,16H,4,12H2,1-3H3. The van der Waals surface area contributed by atoms with Crippen LogP contribution in [0, 0.1) is 0 Å². The molecule has 0 saturated heterocycles. The maximum atomic E-state index is 12.8. The number of para-hydroxylation sites is 1. The van der Waals surface area contributed by atoms with Crippen LogP contribution in [0.2, 0.25) is 0 Å². The molecule has 0 bridgehead atoms. The van der Waals surface area contributed by atoms with E-state index in [9.17, 15) is 4.79 Å². The van der Waals surface area contributed by atoms with Gasteiger partial charge in [-0.3, -0.25) is 4.79 Å². The van der Waals surface area contributed by atoms with Crippen LogP contribution in [-0.4, -0.2) is 26.7 Å². The highest BCUT2D eigenvalue weighted by Crippen LogP contribution is 2.40. The SMILES string of the molecule is CCN1C(=O)C(Cc2cc(OC)ccc2OC)c2ccccc21. The molecule has 1 aliphatic heterocycles. The molecule has 3 rings (SSSR count). The molecule has 0 aromatic heterocycles. The van der Waals surface area contributed by atoms with E-state index in [1.54, 1.807) is 14.2 Å². The molecule has 4 heteroatoms. The highest BCUT2D eigenvalue weighted by atomic mass is 16.5. The molecule has 4 nitrogen and oxygen atoms in total. The van der Waals surface area contributed by atoms with E-state index in [1.807, 2.05) is 54.3 Å². The number of hydrogen-bond acceptors (Lipinski definition) is 3. The summed E-state index contributed by atoms with van der Waals surface area (Å²) in [5, 5.41) is 0. The topological polar surface area (TPSA) is 38.8 Å². The molecule has 2 aromatic rings. The minimum atomic E-state index is -0.174. The lowest BCUT2D eigenvalue weighted by Crippen LogP contribution is -2.29. The number of hydrogen-bond donors (Lipinski definition) is 0. The van der Waals surface area contributed by atoms with Gasteiger partial charge in [0, 0.05) is 12.2 Å². The van der Waals surface area contributed by atoms with Gasteiger partial charge in [0.05, 0.1) is 20.1 Å². The second-order valence-corrected chi connectivity index (χ2v) is 5.58. The first-order valence-corrected chi connectivity index (χ1v) is 7.80. The summed E-state index contributed by atoms with van der Waals surface area (Å²) >= 11 is 0. The quantitative estimate of drug-likeness (QED) is 0.849. The van der Waals surface area contributed by atoms with Crippen molar-refractivity contribution in [3.05, 3.63) is 53.6 Å². The van der Waals surface area contributed by atoms with E-state index in [4.69, 9.17) is 9.47 Å². The van der Waals surface area contributed by atoms with Crippen LogP contribution < -0.4 is 14.4 Å². The fourth-order valence-corrected chi connectivity index (χ4v) is 3.25. The third-order valence-electron chi connectivity index (χ3n) is 4.39. The van der Waals surface area contributed by atoms with Crippen LogP contribution in [0.1, 0.15) is 24.0 Å². The molecule has 0 fully saturated rings. The summed E-state index contributed by atoms with van der Waals surface area (Å²) in [4.78, 5) is 14.7. The summed E-state index contributed by atoms with van der Waals surface area (Å²) < 4.78 is 10.8. The van der Waals surface area contributed by atoms with Gasteiger partial charge in [-0.2, -0.15) is 0 Å². The molecule has 0 radical (unpaired) electrons. The molecule has 1 atom stereocenters. The van der Waals surface area contributed by atoms with Gasteiger partial charge in [-0.1, -0.05) is 18.2 Å². The van der Waals surface area contributed by atoms with Crippen molar-refractivity contribution in [1.29, 1.82) is 0 Å². The molecule has 0 spiro atoms. The van der Waals surface area contributed by atoms with Crippen LogP contribution in [0.5, 0.6) is 11.5 Å². The predicted molar refractivity (Wildman–Crippen MR) is 90.5 cm³/mol. The highest BCUT2D eigenvalue weighted by Gasteiger charge is 2.36. The Morgan fingerprint density at radius 1 is 1.09 bits per heavy atom. The molecule has 0 aliphatic carbocycles. The molecule has 120 valence electrons. The van der Waals surface area contributed by atoms with Gasteiger partial charge in [0.15, 0.2) is 0 Å². The second kappa shape index (κ2) is 6.32. The number of benzene rings is 2. The molecule has 0 N–H and O–H groups in total. The Balaban J connectivity index is 1.99. The van der Waals surface area contributed by atoms with E-state index < -0.39 is 0 Å². The van der Waals surface area contributed by atoms with Gasteiger partial charge in [0.25, 0.3) is 0 Å². The monoisotopic (exact) mass is 311 g/mol. The number of ether oxygens (including phenoxy) is 2. The lowest BCUT2D eigenvalue weighted by molar-refractivity contribution is -0.119. The third-order valence-corrected chi connectivity index (χ3v) is 4.39. The number of carbonyl (C=O) groups excluding carboxylic acids is 1. The van der Waals surface area contributed by atoms with Crippen molar-refractivity contribution in [2.24, 2.45) is 0 Å². The average molecular weight is 311 g/mol. The summed E-state index contributed by atoms with van der Waals surface area (Å²) in [5.74, 6) is 1.53. The fraction of sp³-hybridized carbons (Fsp3) is 0.316. The highest BCUT2D eigenvalue weighted by molar-refractivity contribution is 6.05. The van der Waals surface area contributed by atoms with E-state index in [0.717, 1.165) is 28.3 Å². The summed E-state index contributed by atoms with van der Waals surface area (Å²) in [7, 11) is 3.29. The van der Waals surface area contributed by atoms with Crippen molar-refractivity contribution < 1.29 is 14.3 Å². The largest absolute Gasteiger partial charge is 0.497 e. The first-order valence-electron chi connectivity index (χ1n) is 7.80. The molecule has 2 aromatic carbocycles. The van der Waals surface area contributed by atoms with Crippen molar-refractivity contribution in [3.8, 4) is 11.5 Å². The molecule has 1 unspecified atom stereocenters. The number of nitrogens with zero attached hydrogens (tertiary/aromatic N) is 1. The Hall–Kier alpha value is -2.49. The maximum absolute atomic E-state index is 12.8. The van der Waals surface area contributed by atoms with Crippen LogP contribution in [-0.2, 0) is 11.2 Å². The van der Waals surface area contributed by atoms with Crippen LogP contribution >= 0.6 is 0 Å². The first-order chi connectivity index (χ1) is 11.2. The smallest absolute Gasteiger partial charge is 0.234 e. The van der Waals surface area contributed by atoms with E-state index in [1.165, 1.54) is 0 Å². The minimum absolute atomic E-state index is 0.151. The van der Waals surface area contributed by atoms with Crippen LogP contribution in [0.3, 0.4) is 0 Å². The number of carbonyl (C=O) groups is 1. The molecular weight excluding hydrogens is 290 g/mol. The van der Waals surface area contributed by atoms with Gasteiger partial charge >= 0.3 is 0 Å². The van der Waals surface area contributed by atoms with Gasteiger partial charge in [-0.05, 0) is 48.7 Å². The normalized spacial score (nSPS) is 16.4. The summed E-state index contributed by atoms with van der Waals surface area (Å²) in [6.07, 6.45) is 0.604. The number of rotatable bonds is 5. The van der Waals surface area contributed by atoms with Crippen molar-refractivity contribution in [2.75, 3.05) is 25.7 Å². The minimum Gasteiger partial charge on any atom is -0.497 e. The van der Waals surface area contributed by atoms with Gasteiger partial charge in [-0.25, -0.2) is 0 Å². The van der Waals surface area contributed by atoms with Crippen molar-refractivity contribution >= 4 is 11.6 Å². The number of amides is 1. The van der Waals surface area contributed by atoms with E-state index in [2.05, 4.69) is 0 Å². The lowest BCUT2D eigenvalue weighted by atomic mass is 9.92. The van der Waals surface area contributed by atoms with Gasteiger partial charge in [-0.15, -0.1) is 0 Å². The zero-order chi connectivity index (χ0) is 16.4. The van der Waals surface area contributed by atoms with Gasteiger partial charge in [0.1, 0.15) is 11.5 Å². The summed E-state index contributed by atoms with van der Waals surface area (Å²) in [5.41, 5.74) is 3.09. The van der Waals surface area contributed by atoms with Crippen molar-refractivity contribution in [1.82, 2.24) is 0 Å². The molecule has 0 saturated carbocycles. The van der Waals surface area contributed by atoms with Crippen molar-refractivity contribution in [2.45, 2.75) is 19.3 Å². The molecule has 1 heterocycles. The Morgan fingerprint density at radius 2 is 1.87 bits per heavy atom. The van der Waals surface area contributed by atoms with Gasteiger partial charge in [0.2, 0.25) is 5.91 Å². The van der Waals surface area contributed by atoms with E-state index in [-0.39, 0.29) is 11.8 Å².